The van der Waals surface area contributed by atoms with E-state index in [0.717, 1.165) is 36.1 Å². The van der Waals surface area contributed by atoms with E-state index in [1.807, 2.05) is 12.1 Å². The quantitative estimate of drug-likeness (QED) is 0.546. The van der Waals surface area contributed by atoms with Crippen LogP contribution in [0.4, 0.5) is 4.39 Å². The van der Waals surface area contributed by atoms with Crippen molar-refractivity contribution in [3.05, 3.63) is 71.2 Å². The second kappa shape index (κ2) is 7.12. The Bertz CT molecular complexity index is 1120. The maximum absolute atomic E-state index is 13.2. The van der Waals surface area contributed by atoms with Crippen LogP contribution in [0.5, 0.6) is 0 Å². The third-order valence-corrected chi connectivity index (χ3v) is 6.16. The molecular weight excluding hydrogens is 367 g/mol. The van der Waals surface area contributed by atoms with Gasteiger partial charge in [-0.15, -0.1) is 0 Å². The molecule has 6 heteroatoms. The van der Waals surface area contributed by atoms with E-state index in [1.54, 1.807) is 6.07 Å². The van der Waals surface area contributed by atoms with Gasteiger partial charge in [0.1, 0.15) is 5.82 Å². The summed E-state index contributed by atoms with van der Waals surface area (Å²) in [7, 11) is 0. The molecule has 1 saturated heterocycles. The van der Waals surface area contributed by atoms with Gasteiger partial charge in [-0.25, -0.2) is 4.39 Å². The molecule has 5 rings (SSSR count). The van der Waals surface area contributed by atoms with E-state index >= 15 is 0 Å². The molecule has 2 aliphatic rings. The van der Waals surface area contributed by atoms with Gasteiger partial charge < -0.3 is 5.84 Å². The van der Waals surface area contributed by atoms with Crippen LogP contribution in [0.15, 0.2) is 48.5 Å². The zero-order valence-electron chi connectivity index (χ0n) is 16.1. The lowest BCUT2D eigenvalue weighted by Gasteiger charge is -2.38. The number of rotatable bonds is 3. The molecule has 2 N–H and O–H groups in total. The standard InChI is InChI=1S/C23H23FN4O/c24-18-7-4-15(5-8-18)23(29)17-6-9-21-20(14-17)22(26-28(21)25)16-10-12-27-11-2-1-3-19(27)13-16/h4-10,14,19H,1-3,11-13,25H2. The van der Waals surface area contributed by atoms with Crippen molar-refractivity contribution in [3.63, 3.8) is 0 Å². The Kier molecular flexibility index (Phi) is 4.43. The first-order valence-electron chi connectivity index (χ1n) is 10.1. The summed E-state index contributed by atoms with van der Waals surface area (Å²) in [5, 5.41) is 5.47. The third-order valence-electron chi connectivity index (χ3n) is 6.16. The fourth-order valence-electron chi connectivity index (χ4n) is 4.58. The van der Waals surface area contributed by atoms with Gasteiger partial charge in [-0.3, -0.25) is 9.69 Å². The number of carbonyl (C=O) groups is 1. The first-order chi connectivity index (χ1) is 14.1. The van der Waals surface area contributed by atoms with Gasteiger partial charge in [0.2, 0.25) is 0 Å². The van der Waals surface area contributed by atoms with E-state index in [2.05, 4.69) is 16.1 Å². The van der Waals surface area contributed by atoms with E-state index < -0.39 is 0 Å². The second-order valence-electron chi connectivity index (χ2n) is 7.94. The summed E-state index contributed by atoms with van der Waals surface area (Å²) >= 11 is 0. The number of ketones is 1. The zero-order valence-corrected chi connectivity index (χ0v) is 16.1. The van der Waals surface area contributed by atoms with Crippen molar-refractivity contribution in [1.82, 2.24) is 14.8 Å². The van der Waals surface area contributed by atoms with Crippen LogP contribution in [0, 0.1) is 5.82 Å². The van der Waals surface area contributed by atoms with E-state index in [0.29, 0.717) is 17.2 Å². The summed E-state index contributed by atoms with van der Waals surface area (Å²) in [6.45, 7) is 2.10. The van der Waals surface area contributed by atoms with Crippen molar-refractivity contribution < 1.29 is 9.18 Å². The zero-order chi connectivity index (χ0) is 20.0. The van der Waals surface area contributed by atoms with Gasteiger partial charge in [0.25, 0.3) is 0 Å². The smallest absolute Gasteiger partial charge is 0.193 e. The van der Waals surface area contributed by atoms with Gasteiger partial charge in [0.05, 0.1) is 11.2 Å². The number of fused-ring (bicyclic) bond motifs is 2. The Morgan fingerprint density at radius 3 is 2.72 bits per heavy atom. The van der Waals surface area contributed by atoms with Crippen molar-refractivity contribution in [1.29, 1.82) is 0 Å². The summed E-state index contributed by atoms with van der Waals surface area (Å²) in [4.78, 5) is 16.8. The van der Waals surface area contributed by atoms with Crippen LogP contribution in [0.1, 0.15) is 47.3 Å². The van der Waals surface area contributed by atoms with E-state index in [9.17, 15) is 9.18 Å². The topological polar surface area (TPSA) is 64.2 Å². The molecule has 0 saturated carbocycles. The number of hydrogen-bond acceptors (Lipinski definition) is 4. The van der Waals surface area contributed by atoms with Crippen molar-refractivity contribution >= 4 is 22.3 Å². The third kappa shape index (κ3) is 3.23. The van der Waals surface area contributed by atoms with Crippen LogP contribution in [-0.4, -0.2) is 39.7 Å². The summed E-state index contributed by atoms with van der Waals surface area (Å²) in [6.07, 6.45) is 6.97. The molecule has 2 aromatic carbocycles. The molecule has 0 amide bonds. The molecule has 0 spiro atoms. The molecule has 0 aliphatic carbocycles. The van der Waals surface area contributed by atoms with Crippen molar-refractivity contribution in [2.24, 2.45) is 0 Å². The summed E-state index contributed by atoms with van der Waals surface area (Å²) in [6, 6.07) is 11.6. The predicted octanol–water partition coefficient (Wildman–Crippen LogP) is 3.76. The predicted molar refractivity (Wildman–Crippen MR) is 112 cm³/mol. The summed E-state index contributed by atoms with van der Waals surface area (Å²) in [5.74, 6) is 5.61. The number of halogens is 1. The molecule has 1 atom stereocenters. The van der Waals surface area contributed by atoms with E-state index in [1.165, 1.54) is 53.9 Å². The van der Waals surface area contributed by atoms with Gasteiger partial charge in [-0.05, 0) is 73.8 Å². The molecule has 0 bridgehead atoms. The molecule has 1 unspecified atom stereocenters. The van der Waals surface area contributed by atoms with Crippen molar-refractivity contribution in [2.75, 3.05) is 18.9 Å². The monoisotopic (exact) mass is 390 g/mol. The van der Waals surface area contributed by atoms with Crippen LogP contribution in [0.25, 0.3) is 16.5 Å². The van der Waals surface area contributed by atoms with Crippen LogP contribution in [0.3, 0.4) is 0 Å². The number of piperidine rings is 1. The Hall–Kier alpha value is -2.99. The number of hydrogen-bond donors (Lipinski definition) is 1. The fourth-order valence-corrected chi connectivity index (χ4v) is 4.58. The minimum Gasteiger partial charge on any atom is -0.323 e. The lowest BCUT2D eigenvalue weighted by atomic mass is 9.89. The highest BCUT2D eigenvalue weighted by Gasteiger charge is 2.28. The molecule has 3 aromatic rings. The van der Waals surface area contributed by atoms with Crippen molar-refractivity contribution in [2.45, 2.75) is 31.7 Å². The van der Waals surface area contributed by atoms with E-state index in [-0.39, 0.29) is 11.6 Å². The molecule has 3 heterocycles. The molecule has 2 aliphatic heterocycles. The SMILES string of the molecule is Nn1nc(C2=CCN3CCCCC3C2)c2cc(C(=O)c3ccc(F)cc3)ccc21. The number of nitrogens with two attached hydrogens (primary N) is 1. The lowest BCUT2D eigenvalue weighted by molar-refractivity contribution is 0.103. The second-order valence-corrected chi connectivity index (χ2v) is 7.94. The number of carbonyl (C=O) groups excluding carboxylic acids is 1. The first-order valence-corrected chi connectivity index (χ1v) is 10.1. The average molecular weight is 390 g/mol. The average Bonchev–Trinajstić information content (AvgIpc) is 3.09. The Labute approximate surface area is 168 Å². The Morgan fingerprint density at radius 2 is 1.90 bits per heavy atom. The van der Waals surface area contributed by atoms with Gasteiger partial charge >= 0.3 is 0 Å². The van der Waals surface area contributed by atoms with Gasteiger partial charge in [0.15, 0.2) is 5.78 Å². The highest BCUT2D eigenvalue weighted by atomic mass is 19.1. The highest BCUT2D eigenvalue weighted by molar-refractivity contribution is 6.11. The Morgan fingerprint density at radius 1 is 1.10 bits per heavy atom. The van der Waals surface area contributed by atoms with Gasteiger partial charge in [-0.1, -0.05) is 12.5 Å². The number of nitrogen functional groups attached to an aromatic ring is 1. The molecule has 29 heavy (non-hydrogen) atoms. The van der Waals surface area contributed by atoms with Crippen LogP contribution >= 0.6 is 0 Å². The van der Waals surface area contributed by atoms with Gasteiger partial charge in [0, 0.05) is 29.1 Å². The van der Waals surface area contributed by atoms with Crippen LogP contribution in [-0.2, 0) is 0 Å². The largest absolute Gasteiger partial charge is 0.323 e. The first kappa shape index (κ1) is 18.1. The molecule has 148 valence electrons. The maximum Gasteiger partial charge on any atom is 0.193 e. The van der Waals surface area contributed by atoms with Crippen molar-refractivity contribution in [3.8, 4) is 0 Å². The molecule has 1 fully saturated rings. The Balaban J connectivity index is 1.53. The minimum absolute atomic E-state index is 0.140. The molecule has 0 radical (unpaired) electrons. The number of nitrogens with zero attached hydrogens (tertiary/aromatic N) is 3. The summed E-state index contributed by atoms with van der Waals surface area (Å²) < 4.78 is 13.2. The summed E-state index contributed by atoms with van der Waals surface area (Å²) in [5.41, 5.74) is 3.87. The lowest BCUT2D eigenvalue weighted by Crippen LogP contribution is -2.41. The molecule has 5 nitrogen and oxygen atoms in total. The van der Waals surface area contributed by atoms with Crippen LogP contribution in [0.2, 0.25) is 0 Å². The number of aromatic nitrogens is 2. The molecular formula is C23H23FN4O. The minimum atomic E-state index is -0.357. The normalized spacial score (nSPS) is 19.8. The highest BCUT2D eigenvalue weighted by Crippen LogP contribution is 2.34. The number of benzene rings is 2. The van der Waals surface area contributed by atoms with E-state index in [4.69, 9.17) is 5.84 Å². The van der Waals surface area contributed by atoms with Gasteiger partial charge in [-0.2, -0.15) is 9.89 Å². The van der Waals surface area contributed by atoms with Crippen LogP contribution < -0.4 is 5.84 Å². The molecule has 1 aromatic heterocycles. The fraction of sp³-hybridized carbons (Fsp3) is 0.304. The maximum atomic E-state index is 13.2.